The number of rotatable bonds is 3. The number of nitrogens with two attached hydrogens (primary N) is 1. The molecule has 90 valence electrons. The lowest BCUT2D eigenvalue weighted by Gasteiger charge is -2.11. The first-order valence-electron chi connectivity index (χ1n) is 5.18. The summed E-state index contributed by atoms with van der Waals surface area (Å²) in [6.45, 7) is 0. The second kappa shape index (κ2) is 5.01. The van der Waals surface area contributed by atoms with Crippen LogP contribution >= 0.6 is 0 Å². The molecule has 0 aliphatic carbocycles. The Morgan fingerprint density at radius 2 is 2.11 bits per heavy atom. The lowest BCUT2D eigenvalue weighted by molar-refractivity contribution is 0.416. The molecule has 0 atom stereocenters. The first-order valence-corrected chi connectivity index (χ1v) is 5.18. The van der Waals surface area contributed by atoms with Gasteiger partial charge in [-0.3, -0.25) is 0 Å². The molecule has 0 aliphatic heterocycles. The minimum Gasteiger partial charge on any atom is -0.495 e. The number of benzene rings is 1. The van der Waals surface area contributed by atoms with Crippen LogP contribution < -0.4 is 15.8 Å². The van der Waals surface area contributed by atoms with E-state index in [0.717, 1.165) is 0 Å². The highest BCUT2D eigenvalue weighted by Gasteiger charge is 2.09. The normalized spacial score (nSPS) is 9.56. The van der Waals surface area contributed by atoms with Crippen LogP contribution in [0.1, 0.15) is 5.56 Å². The topological polar surface area (TPSA) is 96.8 Å². The fraction of sp³-hybridized carbons (Fsp3) is 0.0833. The largest absolute Gasteiger partial charge is 0.495 e. The van der Waals surface area contributed by atoms with Crippen LogP contribution in [0.4, 0.5) is 17.3 Å². The van der Waals surface area contributed by atoms with E-state index in [0.29, 0.717) is 28.6 Å². The zero-order chi connectivity index (χ0) is 13.0. The Kier molecular flexibility index (Phi) is 3.25. The monoisotopic (exact) mass is 241 g/mol. The average Bonchev–Trinajstić information content (AvgIpc) is 2.41. The van der Waals surface area contributed by atoms with Crippen LogP contribution in [0.15, 0.2) is 30.3 Å². The van der Waals surface area contributed by atoms with Gasteiger partial charge in [-0.2, -0.15) is 5.26 Å². The highest BCUT2D eigenvalue weighted by Crippen LogP contribution is 2.30. The van der Waals surface area contributed by atoms with Gasteiger partial charge in [0.25, 0.3) is 0 Å². The molecular formula is C12H11N5O. The van der Waals surface area contributed by atoms with E-state index in [2.05, 4.69) is 21.6 Å². The molecule has 2 rings (SSSR count). The zero-order valence-electron chi connectivity index (χ0n) is 9.71. The lowest BCUT2D eigenvalue weighted by atomic mass is 10.2. The Morgan fingerprint density at radius 1 is 1.28 bits per heavy atom. The second-order valence-electron chi connectivity index (χ2n) is 3.46. The van der Waals surface area contributed by atoms with Crippen LogP contribution in [0, 0.1) is 11.3 Å². The molecule has 0 unspecified atom stereocenters. The van der Waals surface area contributed by atoms with Crippen molar-refractivity contribution in [2.75, 3.05) is 18.2 Å². The number of nitrogen functional groups attached to an aromatic ring is 1. The van der Waals surface area contributed by atoms with E-state index in [1.807, 2.05) is 0 Å². The van der Waals surface area contributed by atoms with E-state index < -0.39 is 0 Å². The molecule has 0 radical (unpaired) electrons. The van der Waals surface area contributed by atoms with Gasteiger partial charge in [0, 0.05) is 0 Å². The first-order chi connectivity index (χ1) is 8.74. The predicted octanol–water partition coefficient (Wildman–Crippen LogP) is 1.68. The van der Waals surface area contributed by atoms with Crippen LogP contribution in [0.25, 0.3) is 0 Å². The van der Waals surface area contributed by atoms with E-state index in [1.54, 1.807) is 30.3 Å². The molecule has 0 saturated carbocycles. The molecule has 1 heterocycles. The Balaban J connectivity index is 2.39. The van der Waals surface area contributed by atoms with Gasteiger partial charge in [-0.15, -0.1) is 10.2 Å². The van der Waals surface area contributed by atoms with Crippen molar-refractivity contribution in [2.45, 2.75) is 0 Å². The second-order valence-corrected chi connectivity index (χ2v) is 3.46. The third kappa shape index (κ3) is 2.30. The summed E-state index contributed by atoms with van der Waals surface area (Å²) < 4.78 is 5.20. The van der Waals surface area contributed by atoms with Crippen molar-refractivity contribution in [3.63, 3.8) is 0 Å². The Morgan fingerprint density at radius 3 is 2.72 bits per heavy atom. The number of hydrogen-bond acceptors (Lipinski definition) is 6. The molecule has 6 heteroatoms. The number of nitrogens with one attached hydrogen (secondary N) is 1. The molecular weight excluding hydrogens is 230 g/mol. The zero-order valence-corrected chi connectivity index (χ0v) is 9.71. The molecule has 1 aromatic carbocycles. The minimum absolute atomic E-state index is 0.334. The third-order valence-electron chi connectivity index (χ3n) is 2.30. The molecule has 1 aromatic heterocycles. The van der Waals surface area contributed by atoms with Gasteiger partial charge < -0.3 is 15.8 Å². The first kappa shape index (κ1) is 11.7. The number of para-hydroxylation sites is 1. The van der Waals surface area contributed by atoms with Gasteiger partial charge in [0.05, 0.1) is 12.7 Å². The number of nitrogens with zero attached hydrogens (tertiary/aromatic N) is 3. The van der Waals surface area contributed by atoms with Gasteiger partial charge in [-0.05, 0) is 24.3 Å². The maximum atomic E-state index is 9.06. The quantitative estimate of drug-likeness (QED) is 0.848. The van der Waals surface area contributed by atoms with Gasteiger partial charge in [-0.1, -0.05) is 6.07 Å². The molecule has 0 amide bonds. The molecule has 18 heavy (non-hydrogen) atoms. The summed E-state index contributed by atoms with van der Waals surface area (Å²) in [5.41, 5.74) is 6.48. The van der Waals surface area contributed by atoms with Crippen molar-refractivity contribution in [1.29, 1.82) is 5.26 Å². The lowest BCUT2D eigenvalue weighted by Crippen LogP contribution is -2.01. The standard InChI is InChI=1S/C12H11N5O/c1-18-9-4-2-3-8(7-13)12(9)15-11-6-5-10(14)16-17-11/h2-6H,1H3,(H2,14,16)(H,15,17). The van der Waals surface area contributed by atoms with E-state index in [1.165, 1.54) is 7.11 Å². The summed E-state index contributed by atoms with van der Waals surface area (Å²) in [6.07, 6.45) is 0. The fourth-order valence-corrected chi connectivity index (χ4v) is 1.46. The van der Waals surface area contributed by atoms with Crippen LogP contribution in [0.2, 0.25) is 0 Å². The Labute approximate surface area is 104 Å². The summed E-state index contributed by atoms with van der Waals surface area (Å²) in [6, 6.07) is 10.6. The maximum Gasteiger partial charge on any atom is 0.153 e. The van der Waals surface area contributed by atoms with Crippen LogP contribution in [0.3, 0.4) is 0 Å². The third-order valence-corrected chi connectivity index (χ3v) is 2.30. The van der Waals surface area contributed by atoms with Gasteiger partial charge in [0.15, 0.2) is 5.82 Å². The smallest absolute Gasteiger partial charge is 0.153 e. The molecule has 0 saturated heterocycles. The van der Waals surface area contributed by atoms with Crippen LogP contribution in [-0.4, -0.2) is 17.3 Å². The van der Waals surface area contributed by atoms with Crippen LogP contribution in [0.5, 0.6) is 5.75 Å². The number of aromatic nitrogens is 2. The van der Waals surface area contributed by atoms with Gasteiger partial charge in [0.1, 0.15) is 23.3 Å². The molecule has 0 bridgehead atoms. The molecule has 0 spiro atoms. The number of methoxy groups -OCH3 is 1. The molecule has 0 fully saturated rings. The summed E-state index contributed by atoms with van der Waals surface area (Å²) in [7, 11) is 1.54. The van der Waals surface area contributed by atoms with E-state index in [9.17, 15) is 0 Å². The van der Waals surface area contributed by atoms with Crippen molar-refractivity contribution in [3.05, 3.63) is 35.9 Å². The van der Waals surface area contributed by atoms with E-state index in [-0.39, 0.29) is 0 Å². The average molecular weight is 241 g/mol. The number of ether oxygens (including phenoxy) is 1. The number of anilines is 3. The van der Waals surface area contributed by atoms with Crippen molar-refractivity contribution in [2.24, 2.45) is 0 Å². The predicted molar refractivity (Wildman–Crippen MR) is 67.4 cm³/mol. The summed E-state index contributed by atoms with van der Waals surface area (Å²) in [5.74, 6) is 1.39. The van der Waals surface area contributed by atoms with Crippen molar-refractivity contribution in [3.8, 4) is 11.8 Å². The summed E-state index contributed by atoms with van der Waals surface area (Å²) in [5, 5.41) is 19.7. The van der Waals surface area contributed by atoms with Crippen molar-refractivity contribution >= 4 is 17.3 Å². The van der Waals surface area contributed by atoms with E-state index >= 15 is 0 Å². The van der Waals surface area contributed by atoms with Crippen molar-refractivity contribution < 1.29 is 4.74 Å². The molecule has 6 nitrogen and oxygen atoms in total. The molecule has 3 N–H and O–H groups in total. The highest BCUT2D eigenvalue weighted by atomic mass is 16.5. The van der Waals surface area contributed by atoms with Gasteiger partial charge in [0.2, 0.25) is 0 Å². The van der Waals surface area contributed by atoms with Crippen LogP contribution in [-0.2, 0) is 0 Å². The maximum absolute atomic E-state index is 9.06. The molecule has 2 aromatic rings. The number of hydrogen-bond donors (Lipinski definition) is 2. The van der Waals surface area contributed by atoms with Gasteiger partial charge >= 0.3 is 0 Å². The van der Waals surface area contributed by atoms with Gasteiger partial charge in [-0.25, -0.2) is 0 Å². The highest BCUT2D eigenvalue weighted by molar-refractivity contribution is 5.71. The summed E-state index contributed by atoms with van der Waals surface area (Å²) in [4.78, 5) is 0. The Bertz CT molecular complexity index is 588. The summed E-state index contributed by atoms with van der Waals surface area (Å²) >= 11 is 0. The van der Waals surface area contributed by atoms with E-state index in [4.69, 9.17) is 15.7 Å². The Hall–Kier alpha value is -2.81. The molecule has 0 aliphatic rings. The SMILES string of the molecule is COc1cccc(C#N)c1Nc1ccc(N)nn1. The van der Waals surface area contributed by atoms with Crippen molar-refractivity contribution in [1.82, 2.24) is 10.2 Å². The fourth-order valence-electron chi connectivity index (χ4n) is 1.46. The minimum atomic E-state index is 0.334. The number of nitriles is 1.